The summed E-state index contributed by atoms with van der Waals surface area (Å²) in [6, 6.07) is 17.9. The van der Waals surface area contributed by atoms with Gasteiger partial charge < -0.3 is 14.2 Å². The normalized spacial score (nSPS) is 17.6. The van der Waals surface area contributed by atoms with E-state index in [0.717, 1.165) is 51.5 Å². The van der Waals surface area contributed by atoms with Crippen molar-refractivity contribution in [3.8, 4) is 17.0 Å². The minimum atomic E-state index is -0.151. The molecule has 1 aliphatic rings. The minimum Gasteiger partial charge on any atom is -0.491 e. The molecule has 2 aromatic heterocycles. The van der Waals surface area contributed by atoms with Gasteiger partial charge in [0.2, 0.25) is 0 Å². The molecule has 0 saturated heterocycles. The van der Waals surface area contributed by atoms with Gasteiger partial charge in [-0.2, -0.15) is 0 Å². The summed E-state index contributed by atoms with van der Waals surface area (Å²) >= 11 is 6.12. The smallest absolute Gasteiger partial charge is 0.308 e. The van der Waals surface area contributed by atoms with Gasteiger partial charge in [0, 0.05) is 17.1 Å². The molecule has 2 heterocycles. The molecule has 0 amide bonds. The lowest BCUT2D eigenvalue weighted by molar-refractivity contribution is -0.155. The maximum atomic E-state index is 11.4. The van der Waals surface area contributed by atoms with Gasteiger partial charge in [0.1, 0.15) is 17.5 Å². The molecule has 1 fully saturated rings. The molecule has 33 heavy (non-hydrogen) atoms. The highest BCUT2D eigenvalue weighted by Crippen LogP contribution is 2.32. The monoisotopic (exact) mass is 462 g/mol. The summed E-state index contributed by atoms with van der Waals surface area (Å²) in [5, 5.41) is 3.60. The molecule has 2 aromatic carbocycles. The number of hydrogen-bond donors (Lipinski definition) is 0. The number of methoxy groups -OCH3 is 1. The number of esters is 1. The molecule has 6 nitrogen and oxygen atoms in total. The van der Waals surface area contributed by atoms with Gasteiger partial charge >= 0.3 is 5.97 Å². The van der Waals surface area contributed by atoms with Crippen LogP contribution in [0.15, 0.2) is 60.8 Å². The van der Waals surface area contributed by atoms with E-state index < -0.39 is 0 Å². The molecule has 4 aromatic rings. The Morgan fingerprint density at radius 1 is 1.00 bits per heavy atom. The maximum Gasteiger partial charge on any atom is 0.308 e. The van der Waals surface area contributed by atoms with Gasteiger partial charge in [0.15, 0.2) is 0 Å². The molecule has 0 aliphatic heterocycles. The number of fused-ring (bicyclic) bond motifs is 2. The summed E-state index contributed by atoms with van der Waals surface area (Å²) in [4.78, 5) is 20.4. The number of pyridine rings is 2. The van der Waals surface area contributed by atoms with Gasteiger partial charge in [-0.05, 0) is 60.0 Å². The Hall–Kier alpha value is -3.22. The number of ether oxygens (including phenoxy) is 3. The van der Waals surface area contributed by atoms with Crippen LogP contribution in [-0.2, 0) is 14.3 Å². The first-order chi connectivity index (χ1) is 16.1. The van der Waals surface area contributed by atoms with E-state index in [1.807, 2.05) is 36.4 Å². The number of rotatable bonds is 7. The number of carbonyl (C=O) groups is 1. The van der Waals surface area contributed by atoms with E-state index in [2.05, 4.69) is 22.1 Å². The van der Waals surface area contributed by atoms with Crippen LogP contribution in [0.1, 0.15) is 12.8 Å². The SMILES string of the molecule is COC(=O)C1CC(OCCOc2ccc3cc(-c4nccc5ccc(Cl)nc45)ccc3c2)C1. The minimum absolute atomic E-state index is 0.0249. The van der Waals surface area contributed by atoms with Crippen molar-refractivity contribution in [1.29, 1.82) is 0 Å². The second-order valence-corrected chi connectivity index (χ2v) is 8.51. The number of hydrogen-bond acceptors (Lipinski definition) is 6. The van der Waals surface area contributed by atoms with Crippen molar-refractivity contribution in [2.45, 2.75) is 18.9 Å². The average Bonchev–Trinajstić information content (AvgIpc) is 2.81. The van der Waals surface area contributed by atoms with Crippen LogP contribution in [-0.4, -0.2) is 42.4 Å². The van der Waals surface area contributed by atoms with E-state index in [1.165, 1.54) is 7.11 Å². The fraction of sp³-hybridized carbons (Fsp3) is 0.269. The lowest BCUT2D eigenvalue weighted by atomic mass is 9.82. The molecule has 0 spiro atoms. The molecular weight excluding hydrogens is 440 g/mol. The number of benzene rings is 2. The fourth-order valence-electron chi connectivity index (χ4n) is 4.13. The number of halogens is 1. The topological polar surface area (TPSA) is 70.5 Å². The summed E-state index contributed by atoms with van der Waals surface area (Å²) in [7, 11) is 1.42. The molecule has 7 heteroatoms. The molecule has 168 valence electrons. The summed E-state index contributed by atoms with van der Waals surface area (Å²) < 4.78 is 16.4. The first-order valence-electron chi connectivity index (χ1n) is 10.9. The van der Waals surface area contributed by atoms with Crippen LogP contribution < -0.4 is 4.74 Å². The van der Waals surface area contributed by atoms with Gasteiger partial charge in [0.25, 0.3) is 0 Å². The van der Waals surface area contributed by atoms with Crippen molar-refractivity contribution in [1.82, 2.24) is 9.97 Å². The summed E-state index contributed by atoms with van der Waals surface area (Å²) in [6.45, 7) is 0.938. The standard InChI is InChI=1S/C26H23ClN2O4/c1-31-26(30)20-14-22(15-20)33-11-10-32-21-6-4-17-12-19(3-2-18(17)13-21)24-25-16(8-9-28-24)5-7-23(27)29-25/h2-9,12-13,20,22H,10-11,14-15H2,1H3. The van der Waals surface area contributed by atoms with Gasteiger partial charge in [-0.25, -0.2) is 4.98 Å². The molecule has 1 saturated carbocycles. The Labute approximate surface area is 196 Å². The second-order valence-electron chi connectivity index (χ2n) is 8.12. The van der Waals surface area contributed by atoms with Crippen molar-refractivity contribution in [3.63, 3.8) is 0 Å². The van der Waals surface area contributed by atoms with E-state index in [-0.39, 0.29) is 18.0 Å². The summed E-state index contributed by atoms with van der Waals surface area (Å²) in [5.74, 6) is 0.612. The van der Waals surface area contributed by atoms with Gasteiger partial charge in [-0.3, -0.25) is 9.78 Å². The average molecular weight is 463 g/mol. The second kappa shape index (κ2) is 9.33. The lowest BCUT2D eigenvalue weighted by Gasteiger charge is -2.32. The van der Waals surface area contributed by atoms with Crippen LogP contribution >= 0.6 is 11.6 Å². The Bertz CT molecular complexity index is 1320. The highest BCUT2D eigenvalue weighted by molar-refractivity contribution is 6.29. The zero-order chi connectivity index (χ0) is 22.8. The third-order valence-corrected chi connectivity index (χ3v) is 6.21. The summed E-state index contributed by atoms with van der Waals surface area (Å²) in [5.41, 5.74) is 2.57. The zero-order valence-corrected chi connectivity index (χ0v) is 18.9. The van der Waals surface area contributed by atoms with Gasteiger partial charge in [-0.15, -0.1) is 0 Å². The molecule has 1 aliphatic carbocycles. The Morgan fingerprint density at radius 2 is 1.79 bits per heavy atom. The van der Waals surface area contributed by atoms with E-state index in [4.69, 9.17) is 25.8 Å². The first-order valence-corrected chi connectivity index (χ1v) is 11.3. The third kappa shape index (κ3) is 4.63. The van der Waals surface area contributed by atoms with E-state index in [0.29, 0.717) is 18.4 Å². The number of nitrogens with zero attached hydrogens (tertiary/aromatic N) is 2. The fourth-order valence-corrected chi connectivity index (χ4v) is 4.28. The van der Waals surface area contributed by atoms with Crippen LogP contribution in [0.2, 0.25) is 5.15 Å². The predicted molar refractivity (Wildman–Crippen MR) is 127 cm³/mol. The van der Waals surface area contributed by atoms with Gasteiger partial charge in [0.05, 0.1) is 36.9 Å². The quantitative estimate of drug-likeness (QED) is 0.206. The van der Waals surface area contributed by atoms with Crippen LogP contribution in [0, 0.1) is 5.92 Å². The number of carbonyl (C=O) groups excluding carboxylic acids is 1. The van der Waals surface area contributed by atoms with E-state index in [9.17, 15) is 4.79 Å². The van der Waals surface area contributed by atoms with Crippen LogP contribution in [0.4, 0.5) is 0 Å². The van der Waals surface area contributed by atoms with Crippen molar-refractivity contribution < 1.29 is 19.0 Å². The van der Waals surface area contributed by atoms with Crippen LogP contribution in [0.3, 0.4) is 0 Å². The molecular formula is C26H23ClN2O4. The van der Waals surface area contributed by atoms with Crippen LogP contribution in [0.25, 0.3) is 32.9 Å². The Kier molecular flexibility index (Phi) is 6.11. The molecule has 0 radical (unpaired) electrons. The van der Waals surface area contributed by atoms with Crippen molar-refractivity contribution in [3.05, 3.63) is 65.9 Å². The van der Waals surface area contributed by atoms with Crippen molar-refractivity contribution in [2.24, 2.45) is 5.92 Å². The maximum absolute atomic E-state index is 11.4. The molecule has 0 unspecified atom stereocenters. The first kappa shape index (κ1) is 21.6. The molecule has 0 bridgehead atoms. The Balaban J connectivity index is 1.23. The summed E-state index contributed by atoms with van der Waals surface area (Å²) in [6.07, 6.45) is 3.34. The van der Waals surface area contributed by atoms with Crippen LogP contribution in [0.5, 0.6) is 5.75 Å². The van der Waals surface area contributed by atoms with Gasteiger partial charge in [-0.1, -0.05) is 29.8 Å². The predicted octanol–water partition coefficient (Wildman–Crippen LogP) is 5.45. The highest BCUT2D eigenvalue weighted by Gasteiger charge is 2.35. The molecule has 5 rings (SSSR count). The van der Waals surface area contributed by atoms with Crippen molar-refractivity contribution >= 4 is 39.2 Å². The number of aromatic nitrogens is 2. The highest BCUT2D eigenvalue weighted by atomic mass is 35.5. The molecule has 0 atom stereocenters. The lowest BCUT2D eigenvalue weighted by Crippen LogP contribution is -2.37. The van der Waals surface area contributed by atoms with E-state index >= 15 is 0 Å². The zero-order valence-electron chi connectivity index (χ0n) is 18.2. The third-order valence-electron chi connectivity index (χ3n) is 5.99. The molecule has 0 N–H and O–H groups in total. The Morgan fingerprint density at radius 3 is 2.64 bits per heavy atom. The van der Waals surface area contributed by atoms with Crippen molar-refractivity contribution in [2.75, 3.05) is 20.3 Å². The largest absolute Gasteiger partial charge is 0.491 e. The van der Waals surface area contributed by atoms with E-state index in [1.54, 1.807) is 12.3 Å².